The standard InChI is InChI=1S/C48H60N4O10S2/c1-4-26(7-11-53)44(58)62-46(2)32(24-56)14-31-25-63-64-38-16-30(23-55)42(50-3)34-22-52(43(34)38)40(57)17-29-21-51-39(49)18-33(29)41(31)48(46)20-28-13-27-15-35(47(10-12-54)8-5-6-9-47)45(59)60-36(27)19-37(28)61-48/h4,13-15,18-19,23,30,32,34,38,41-43,50-51,53-54,56H,5-12,16-17,20-22,24-25,49H2,1-3H3/b26-4+/t30-,32+,34+,38+,41-,42-,43+,46+,48+/m0/s1. The lowest BCUT2D eigenvalue weighted by molar-refractivity contribution is -0.202. The number of aliphatic hydroxyl groups excluding tert-OH is 3. The average molecular weight is 917 g/mol. The predicted octanol–water partition coefficient (Wildman–Crippen LogP) is 3.94. The summed E-state index contributed by atoms with van der Waals surface area (Å²) in [5.41, 5.74) is 7.14. The molecule has 344 valence electrons. The molecule has 9 atom stereocenters. The number of fused-ring (bicyclic) bond motifs is 5. The summed E-state index contributed by atoms with van der Waals surface area (Å²) in [6.45, 7) is 3.65. The second-order valence-corrected chi connectivity index (χ2v) is 21.6. The molecule has 4 aliphatic heterocycles. The molecule has 2 aromatic rings. The first-order valence-corrected chi connectivity index (χ1v) is 25.1. The van der Waals surface area contributed by atoms with Crippen LogP contribution in [0.5, 0.6) is 5.75 Å². The normalized spacial score (nSPS) is 33.3. The molecule has 1 saturated heterocycles. The molecule has 16 heteroatoms. The van der Waals surface area contributed by atoms with Crippen LogP contribution in [0.2, 0.25) is 0 Å². The maximum Gasteiger partial charge on any atom is 0.340 e. The van der Waals surface area contributed by atoms with Crippen molar-refractivity contribution in [1.29, 1.82) is 0 Å². The zero-order valence-corrected chi connectivity index (χ0v) is 38.4. The zero-order valence-electron chi connectivity index (χ0n) is 36.7. The summed E-state index contributed by atoms with van der Waals surface area (Å²) in [6, 6.07) is 5.55. The molecular weight excluding hydrogens is 857 g/mol. The Balaban J connectivity index is 1.22. The van der Waals surface area contributed by atoms with E-state index in [1.54, 1.807) is 47.6 Å². The molecule has 0 unspecified atom stereocenters. The number of hydrogen-bond acceptors (Lipinski definition) is 15. The number of allylic oxidation sites excluding steroid dienone is 2. The van der Waals surface area contributed by atoms with E-state index in [1.807, 2.05) is 36.2 Å². The van der Waals surface area contributed by atoms with Crippen LogP contribution in [0.1, 0.15) is 76.3 Å². The average Bonchev–Trinajstić information content (AvgIpc) is 3.89. The van der Waals surface area contributed by atoms with E-state index >= 15 is 0 Å². The van der Waals surface area contributed by atoms with E-state index in [-0.39, 0.29) is 73.1 Å². The monoisotopic (exact) mass is 916 g/mol. The lowest BCUT2D eigenvalue weighted by Crippen LogP contribution is -2.71. The van der Waals surface area contributed by atoms with Crippen molar-refractivity contribution in [3.8, 4) is 5.75 Å². The van der Waals surface area contributed by atoms with Gasteiger partial charge in [-0.15, -0.1) is 0 Å². The highest BCUT2D eigenvalue weighted by atomic mass is 33.1. The molecule has 1 spiro atoms. The van der Waals surface area contributed by atoms with E-state index in [2.05, 4.69) is 10.6 Å². The molecule has 3 fully saturated rings. The second kappa shape index (κ2) is 17.6. The van der Waals surface area contributed by atoms with Crippen LogP contribution in [0.4, 0.5) is 0 Å². The summed E-state index contributed by atoms with van der Waals surface area (Å²) in [4.78, 5) is 57.2. The van der Waals surface area contributed by atoms with E-state index in [9.17, 15) is 34.5 Å². The van der Waals surface area contributed by atoms with Crippen LogP contribution in [0.25, 0.3) is 11.0 Å². The van der Waals surface area contributed by atoms with Gasteiger partial charge in [-0.1, -0.05) is 52.2 Å². The van der Waals surface area contributed by atoms with Crippen LogP contribution in [-0.2, 0) is 31.0 Å². The minimum Gasteiger partial charge on any atom is -0.481 e. The smallest absolute Gasteiger partial charge is 0.340 e. The number of nitrogens with one attached hydrogen (secondary N) is 2. The SMILES string of the molecule is C/C=C(\CCO)C(=O)O[C@]1(C)[C@@H](CO)C=C2CSS[C@@H]3C[C@@H](C=O)[C@H](NC)[C@H]4CN(C(=O)CC5=C(C=C(N)NC5)[C@H]2[C@]12Cc1cc5cc(C6(CCO)CCCC6)c(=O)oc5cc1O2)[C@H]43. The molecule has 7 N–H and O–H groups in total. The fourth-order valence-electron chi connectivity index (χ4n) is 12.5. The fraction of sp³-hybridized carbons (Fsp3) is 0.583. The minimum absolute atomic E-state index is 0.00217. The van der Waals surface area contributed by atoms with Gasteiger partial charge in [-0.2, -0.15) is 0 Å². The molecule has 64 heavy (non-hydrogen) atoms. The highest BCUT2D eigenvalue weighted by Gasteiger charge is 2.67. The van der Waals surface area contributed by atoms with E-state index in [0.29, 0.717) is 59.8 Å². The number of amides is 1. The van der Waals surface area contributed by atoms with Gasteiger partial charge in [0.1, 0.15) is 17.6 Å². The van der Waals surface area contributed by atoms with Crippen molar-refractivity contribution in [3.63, 3.8) is 0 Å². The Bertz CT molecular complexity index is 2410. The Morgan fingerprint density at radius 2 is 1.95 bits per heavy atom. The molecule has 7 aliphatic rings. The summed E-state index contributed by atoms with van der Waals surface area (Å²) in [6.07, 6.45) is 11.5. The number of aldehydes is 1. The van der Waals surface area contributed by atoms with Crippen LogP contribution in [0, 0.1) is 23.7 Å². The Labute approximate surface area is 380 Å². The Morgan fingerprint density at radius 3 is 2.66 bits per heavy atom. The van der Waals surface area contributed by atoms with Gasteiger partial charge in [0.15, 0.2) is 11.2 Å². The van der Waals surface area contributed by atoms with Crippen LogP contribution < -0.4 is 26.7 Å². The number of dihydropyridines is 1. The first kappa shape index (κ1) is 45.1. The molecule has 2 saturated carbocycles. The van der Waals surface area contributed by atoms with Crippen molar-refractivity contribution in [3.05, 3.63) is 86.1 Å². The van der Waals surface area contributed by atoms with Gasteiger partial charge in [-0.25, -0.2) is 9.59 Å². The third kappa shape index (κ3) is 7.25. The highest BCUT2D eigenvalue weighted by Crippen LogP contribution is 2.60. The van der Waals surface area contributed by atoms with Crippen LogP contribution in [0.15, 0.2) is 73.8 Å². The van der Waals surface area contributed by atoms with Gasteiger partial charge in [0.2, 0.25) is 5.91 Å². The summed E-state index contributed by atoms with van der Waals surface area (Å²) < 4.78 is 20.2. The van der Waals surface area contributed by atoms with Gasteiger partial charge < -0.3 is 55.3 Å². The van der Waals surface area contributed by atoms with Crippen molar-refractivity contribution in [1.82, 2.24) is 15.5 Å². The highest BCUT2D eigenvalue weighted by molar-refractivity contribution is 8.77. The lowest BCUT2D eigenvalue weighted by atomic mass is 9.57. The largest absolute Gasteiger partial charge is 0.481 e. The number of rotatable bonds is 10. The van der Waals surface area contributed by atoms with Gasteiger partial charge in [0.25, 0.3) is 0 Å². The van der Waals surface area contributed by atoms with Crippen LogP contribution >= 0.6 is 21.6 Å². The van der Waals surface area contributed by atoms with E-state index in [4.69, 9.17) is 19.6 Å². The Hall–Kier alpha value is -4.06. The molecule has 1 aromatic heterocycles. The molecule has 5 heterocycles. The Kier molecular flexibility index (Phi) is 12.4. The summed E-state index contributed by atoms with van der Waals surface area (Å²) in [5.74, 6) is -0.831. The van der Waals surface area contributed by atoms with Crippen molar-refractivity contribution in [2.75, 3.05) is 45.7 Å². The maximum absolute atomic E-state index is 14.6. The minimum atomic E-state index is -1.56. The second-order valence-electron chi connectivity index (χ2n) is 19.0. The number of aliphatic hydroxyl groups is 3. The molecule has 1 amide bonds. The molecule has 1 aromatic carbocycles. The number of carbonyl (C=O) groups is 3. The fourth-order valence-corrected chi connectivity index (χ4v) is 15.6. The lowest BCUT2D eigenvalue weighted by Gasteiger charge is -2.59. The first-order valence-electron chi connectivity index (χ1n) is 22.7. The molecule has 0 bridgehead atoms. The van der Waals surface area contributed by atoms with Crippen LogP contribution in [0.3, 0.4) is 0 Å². The van der Waals surface area contributed by atoms with Gasteiger partial charge in [0.05, 0.1) is 30.8 Å². The van der Waals surface area contributed by atoms with E-state index in [1.165, 1.54) is 0 Å². The number of nitrogens with two attached hydrogens (primary N) is 1. The number of carbonyl (C=O) groups excluding carboxylic acids is 3. The van der Waals surface area contributed by atoms with Gasteiger partial charge in [-0.05, 0) is 81.5 Å². The summed E-state index contributed by atoms with van der Waals surface area (Å²) in [5, 5.41) is 38.8. The number of benzene rings is 1. The van der Waals surface area contributed by atoms with Crippen molar-refractivity contribution >= 4 is 50.7 Å². The van der Waals surface area contributed by atoms with Gasteiger partial charge in [-0.3, -0.25) is 4.79 Å². The van der Waals surface area contributed by atoms with Gasteiger partial charge in [0, 0.05) is 102 Å². The third-order valence-electron chi connectivity index (χ3n) is 15.8. The van der Waals surface area contributed by atoms with Crippen LogP contribution in [-0.4, -0.2) is 113 Å². The van der Waals surface area contributed by atoms with Crippen molar-refractivity contribution < 1.29 is 43.6 Å². The van der Waals surface area contributed by atoms with E-state index < -0.39 is 46.7 Å². The molecular formula is C48H60N4O10S2. The predicted molar refractivity (Wildman–Crippen MR) is 245 cm³/mol. The maximum atomic E-state index is 14.6. The molecule has 14 nitrogen and oxygen atoms in total. The Morgan fingerprint density at radius 1 is 1.16 bits per heavy atom. The summed E-state index contributed by atoms with van der Waals surface area (Å²) in [7, 11) is 5.22. The van der Waals surface area contributed by atoms with Crippen molar-refractivity contribution in [2.45, 2.75) is 106 Å². The number of hydrogen-bond donors (Lipinski definition) is 6. The molecule has 0 radical (unpaired) electrons. The first-order chi connectivity index (χ1) is 30.9. The van der Waals surface area contributed by atoms with E-state index in [0.717, 1.165) is 54.3 Å². The molecule has 3 aliphatic carbocycles. The third-order valence-corrected chi connectivity index (χ3v) is 18.6. The number of nitrogens with zero attached hydrogens (tertiary/aromatic N) is 1. The topological polar surface area (TPSA) is 214 Å². The quantitative estimate of drug-likeness (QED) is 0.0498. The number of ether oxygens (including phenoxy) is 2. The number of esters is 1. The molecule has 9 rings (SSSR count). The van der Waals surface area contributed by atoms with Crippen molar-refractivity contribution in [2.24, 2.45) is 29.4 Å². The van der Waals surface area contributed by atoms with Gasteiger partial charge >= 0.3 is 11.6 Å². The zero-order chi connectivity index (χ0) is 45.1. The summed E-state index contributed by atoms with van der Waals surface area (Å²) >= 11 is 0.